The van der Waals surface area contributed by atoms with E-state index in [2.05, 4.69) is 25.0 Å². The molecule has 1 N–H and O–H groups in total. The van der Waals surface area contributed by atoms with Gasteiger partial charge in [0.15, 0.2) is 5.82 Å². The van der Waals surface area contributed by atoms with Gasteiger partial charge in [-0.15, -0.1) is 24.5 Å². The van der Waals surface area contributed by atoms with Crippen molar-refractivity contribution in [2.75, 3.05) is 5.32 Å². The van der Waals surface area contributed by atoms with Gasteiger partial charge in [-0.05, 0) is 47.8 Å². The molecule has 3 heterocycles. The van der Waals surface area contributed by atoms with Crippen molar-refractivity contribution in [1.82, 2.24) is 15.0 Å². The lowest BCUT2D eigenvalue weighted by molar-refractivity contribution is -0.274. The Balaban J connectivity index is 1.62. The van der Waals surface area contributed by atoms with Crippen LogP contribution in [0, 0.1) is 0 Å². The number of ether oxygens (including phenoxy) is 1. The number of halogens is 3. The predicted molar refractivity (Wildman–Crippen MR) is 102 cm³/mol. The number of hydrogen-bond acceptors (Lipinski definition) is 6. The van der Waals surface area contributed by atoms with Crippen molar-refractivity contribution in [3.05, 3.63) is 65.7 Å². The molecule has 0 aliphatic carbocycles. The number of aromatic nitrogens is 3. The summed E-state index contributed by atoms with van der Waals surface area (Å²) in [5, 5.41) is 5.16. The second-order valence-electron chi connectivity index (χ2n) is 5.78. The highest BCUT2D eigenvalue weighted by Crippen LogP contribution is 2.28. The molecule has 146 valence electrons. The molecule has 1 aromatic carbocycles. The van der Waals surface area contributed by atoms with Crippen molar-refractivity contribution in [3.63, 3.8) is 0 Å². The Morgan fingerprint density at radius 1 is 1.03 bits per heavy atom. The molecule has 0 fully saturated rings. The monoisotopic (exact) mass is 416 g/mol. The third-order valence-electron chi connectivity index (χ3n) is 3.80. The van der Waals surface area contributed by atoms with E-state index in [0.717, 1.165) is 12.1 Å². The second-order valence-corrected chi connectivity index (χ2v) is 6.67. The van der Waals surface area contributed by atoms with Gasteiger partial charge in [-0.25, -0.2) is 9.97 Å². The average Bonchev–Trinajstić information content (AvgIpc) is 3.17. The summed E-state index contributed by atoms with van der Waals surface area (Å²) in [4.78, 5) is 26.3. The molecule has 3 aromatic heterocycles. The van der Waals surface area contributed by atoms with E-state index in [1.807, 2.05) is 5.38 Å². The number of anilines is 1. The molecule has 29 heavy (non-hydrogen) atoms. The maximum absolute atomic E-state index is 12.6. The van der Waals surface area contributed by atoms with Crippen molar-refractivity contribution in [2.45, 2.75) is 6.36 Å². The van der Waals surface area contributed by atoms with Gasteiger partial charge in [-0.3, -0.25) is 9.78 Å². The molecule has 4 rings (SSSR count). The topological polar surface area (TPSA) is 77.0 Å². The highest BCUT2D eigenvalue weighted by Gasteiger charge is 2.31. The number of thiophene rings is 1. The number of benzene rings is 1. The van der Waals surface area contributed by atoms with Crippen LogP contribution in [0.25, 0.3) is 21.7 Å². The fourth-order valence-corrected chi connectivity index (χ4v) is 3.31. The minimum atomic E-state index is -4.79. The standard InChI is InChI=1S/C19H11F3N4O2S/c20-19(21,22)28-12-6-4-11(5-7-12)17(27)25-15-13-8-10-29-18(13)26-16(24-15)14-3-1-2-9-23-14/h1-10H,(H,24,25,26,27). The van der Waals surface area contributed by atoms with Crippen LogP contribution in [0.3, 0.4) is 0 Å². The van der Waals surface area contributed by atoms with Crippen LogP contribution in [0.4, 0.5) is 19.0 Å². The van der Waals surface area contributed by atoms with E-state index in [4.69, 9.17) is 0 Å². The minimum absolute atomic E-state index is 0.154. The summed E-state index contributed by atoms with van der Waals surface area (Å²) < 4.78 is 40.6. The van der Waals surface area contributed by atoms with Gasteiger partial charge in [0.05, 0.1) is 5.39 Å². The van der Waals surface area contributed by atoms with Gasteiger partial charge in [0, 0.05) is 11.8 Å². The van der Waals surface area contributed by atoms with E-state index in [9.17, 15) is 18.0 Å². The number of alkyl halides is 3. The Kier molecular flexibility index (Phi) is 4.85. The summed E-state index contributed by atoms with van der Waals surface area (Å²) >= 11 is 1.39. The second kappa shape index (κ2) is 7.47. The molecule has 0 bridgehead atoms. The fourth-order valence-electron chi connectivity index (χ4n) is 2.55. The van der Waals surface area contributed by atoms with Crippen LogP contribution in [0.2, 0.25) is 0 Å². The zero-order valence-corrected chi connectivity index (χ0v) is 15.3. The summed E-state index contributed by atoms with van der Waals surface area (Å²) in [6.45, 7) is 0. The van der Waals surface area contributed by atoms with Gasteiger partial charge in [-0.2, -0.15) is 0 Å². The first-order valence-electron chi connectivity index (χ1n) is 8.23. The summed E-state index contributed by atoms with van der Waals surface area (Å²) in [7, 11) is 0. The van der Waals surface area contributed by atoms with Gasteiger partial charge in [0.1, 0.15) is 22.1 Å². The third-order valence-corrected chi connectivity index (χ3v) is 4.61. The van der Waals surface area contributed by atoms with Crippen molar-refractivity contribution < 1.29 is 22.7 Å². The largest absolute Gasteiger partial charge is 0.573 e. The molecule has 0 saturated carbocycles. The van der Waals surface area contributed by atoms with E-state index in [1.54, 1.807) is 30.5 Å². The number of hydrogen-bond donors (Lipinski definition) is 1. The Bertz CT molecular complexity index is 1160. The lowest BCUT2D eigenvalue weighted by Crippen LogP contribution is -2.17. The van der Waals surface area contributed by atoms with Crippen molar-refractivity contribution in [2.24, 2.45) is 0 Å². The Morgan fingerprint density at radius 3 is 2.52 bits per heavy atom. The Morgan fingerprint density at radius 2 is 1.83 bits per heavy atom. The van der Waals surface area contributed by atoms with E-state index in [-0.39, 0.29) is 11.4 Å². The van der Waals surface area contributed by atoms with E-state index in [0.29, 0.717) is 21.7 Å². The maximum atomic E-state index is 12.6. The summed E-state index contributed by atoms with van der Waals surface area (Å²) in [5.41, 5.74) is 0.702. The molecule has 10 heteroatoms. The number of nitrogens with one attached hydrogen (secondary N) is 1. The fraction of sp³-hybridized carbons (Fsp3) is 0.0526. The number of carbonyl (C=O) groups is 1. The molecule has 4 aromatic rings. The number of nitrogens with zero attached hydrogens (tertiary/aromatic N) is 3. The predicted octanol–water partition coefficient (Wildman–Crippen LogP) is 4.90. The smallest absolute Gasteiger partial charge is 0.406 e. The first-order chi connectivity index (χ1) is 13.9. The molecule has 0 saturated heterocycles. The van der Waals surface area contributed by atoms with Crippen molar-refractivity contribution in [3.8, 4) is 17.3 Å². The van der Waals surface area contributed by atoms with E-state index < -0.39 is 18.0 Å². The normalized spacial score (nSPS) is 11.4. The molecule has 1 amide bonds. The highest BCUT2D eigenvalue weighted by molar-refractivity contribution is 7.16. The zero-order valence-electron chi connectivity index (χ0n) is 14.5. The van der Waals surface area contributed by atoms with Crippen molar-refractivity contribution in [1.29, 1.82) is 0 Å². The Hall–Kier alpha value is -3.53. The zero-order chi connectivity index (χ0) is 20.4. The molecule has 6 nitrogen and oxygen atoms in total. The van der Waals surface area contributed by atoms with Gasteiger partial charge in [-0.1, -0.05) is 6.07 Å². The number of carbonyl (C=O) groups excluding carboxylic acids is 1. The van der Waals surface area contributed by atoms with Gasteiger partial charge >= 0.3 is 6.36 Å². The van der Waals surface area contributed by atoms with Gasteiger partial charge in [0.2, 0.25) is 0 Å². The van der Waals surface area contributed by atoms with Gasteiger partial charge in [0.25, 0.3) is 5.91 Å². The first-order valence-corrected chi connectivity index (χ1v) is 9.11. The number of fused-ring (bicyclic) bond motifs is 1. The molecule has 0 atom stereocenters. The number of amides is 1. The van der Waals surface area contributed by atoms with Gasteiger partial charge < -0.3 is 10.1 Å². The summed E-state index contributed by atoms with van der Waals surface area (Å²) in [6, 6.07) is 11.7. The SMILES string of the molecule is O=C(Nc1nc(-c2ccccn2)nc2sccc12)c1ccc(OC(F)(F)F)cc1. The summed E-state index contributed by atoms with van der Waals surface area (Å²) in [5.74, 6) is -0.294. The Labute approximate surface area is 166 Å². The lowest BCUT2D eigenvalue weighted by atomic mass is 10.2. The quantitative estimate of drug-likeness (QED) is 0.512. The number of pyridine rings is 1. The molecule has 0 unspecified atom stereocenters. The van der Waals surface area contributed by atoms with Crippen LogP contribution in [0.1, 0.15) is 10.4 Å². The van der Waals surface area contributed by atoms with Crippen LogP contribution in [0.15, 0.2) is 60.1 Å². The van der Waals surface area contributed by atoms with E-state index >= 15 is 0 Å². The number of rotatable bonds is 4. The summed E-state index contributed by atoms with van der Waals surface area (Å²) in [6.07, 6.45) is -3.18. The third kappa shape index (κ3) is 4.32. The lowest BCUT2D eigenvalue weighted by Gasteiger charge is -2.10. The molecule has 0 aliphatic heterocycles. The van der Waals surface area contributed by atoms with Crippen LogP contribution >= 0.6 is 11.3 Å². The van der Waals surface area contributed by atoms with Crippen LogP contribution in [-0.2, 0) is 0 Å². The van der Waals surface area contributed by atoms with Crippen LogP contribution in [0.5, 0.6) is 5.75 Å². The molecule has 0 aliphatic rings. The van der Waals surface area contributed by atoms with Crippen LogP contribution in [-0.4, -0.2) is 27.2 Å². The molecule has 0 spiro atoms. The van der Waals surface area contributed by atoms with Crippen LogP contribution < -0.4 is 10.1 Å². The van der Waals surface area contributed by atoms with E-state index in [1.165, 1.54) is 23.5 Å². The first kappa shape index (κ1) is 18.8. The molecular weight excluding hydrogens is 405 g/mol. The highest BCUT2D eigenvalue weighted by atomic mass is 32.1. The molecular formula is C19H11F3N4O2S. The maximum Gasteiger partial charge on any atom is 0.573 e. The molecule has 0 radical (unpaired) electrons. The minimum Gasteiger partial charge on any atom is -0.406 e. The average molecular weight is 416 g/mol. The van der Waals surface area contributed by atoms with Crippen molar-refractivity contribution >= 4 is 33.3 Å².